The highest BCUT2D eigenvalue weighted by Gasteiger charge is 2.09. The molecule has 0 aliphatic heterocycles. The number of hydrogen-bond acceptors (Lipinski definition) is 4. The van der Waals surface area contributed by atoms with Gasteiger partial charge in [0.1, 0.15) is 0 Å². The molecule has 2 rings (SSSR count). The van der Waals surface area contributed by atoms with Gasteiger partial charge in [-0.05, 0) is 26.0 Å². The molecule has 1 heterocycles. The smallest absolute Gasteiger partial charge is 0.337 e. The fourth-order valence-electron chi connectivity index (χ4n) is 1.81. The van der Waals surface area contributed by atoms with Crippen molar-refractivity contribution in [1.29, 1.82) is 0 Å². The molecule has 1 aromatic heterocycles. The maximum absolute atomic E-state index is 11.2. The van der Waals surface area contributed by atoms with E-state index in [1.54, 1.807) is 17.4 Å². The van der Waals surface area contributed by atoms with Gasteiger partial charge in [-0.25, -0.2) is 9.78 Å². The number of aromatic nitrogens is 1. The molecule has 5 heteroatoms. The summed E-state index contributed by atoms with van der Waals surface area (Å²) in [5.41, 5.74) is 2.95. The summed E-state index contributed by atoms with van der Waals surface area (Å²) >= 11 is 1.63. The van der Waals surface area contributed by atoms with E-state index in [9.17, 15) is 4.79 Å². The number of carboxylic acid groups (broad SMARTS) is 1. The van der Waals surface area contributed by atoms with Gasteiger partial charge in [0.25, 0.3) is 0 Å². The van der Waals surface area contributed by atoms with Crippen molar-refractivity contribution in [1.82, 2.24) is 4.98 Å². The summed E-state index contributed by atoms with van der Waals surface area (Å²) in [6.45, 7) is 4.53. The van der Waals surface area contributed by atoms with Gasteiger partial charge in [-0.15, -0.1) is 11.3 Å². The van der Waals surface area contributed by atoms with Crippen LogP contribution in [0.2, 0.25) is 0 Å². The van der Waals surface area contributed by atoms with E-state index in [2.05, 4.69) is 10.3 Å². The van der Waals surface area contributed by atoms with Crippen molar-refractivity contribution in [2.24, 2.45) is 0 Å². The second-order valence-corrected chi connectivity index (χ2v) is 5.36. The topological polar surface area (TPSA) is 62.2 Å². The Hall–Kier alpha value is -1.88. The molecule has 0 radical (unpaired) electrons. The van der Waals surface area contributed by atoms with Crippen LogP contribution in [0.25, 0.3) is 0 Å². The molecule has 0 saturated heterocycles. The van der Waals surface area contributed by atoms with Gasteiger partial charge in [0.2, 0.25) is 0 Å². The van der Waals surface area contributed by atoms with Gasteiger partial charge in [-0.3, -0.25) is 0 Å². The van der Waals surface area contributed by atoms with Gasteiger partial charge in [0, 0.05) is 29.7 Å². The third-order valence-corrected chi connectivity index (χ3v) is 3.75. The lowest BCUT2D eigenvalue weighted by Gasteiger charge is -2.09. The third-order valence-electron chi connectivity index (χ3n) is 2.73. The summed E-state index contributed by atoms with van der Waals surface area (Å²) in [6, 6.07) is 5.40. The number of nitrogens with zero attached hydrogens (tertiary/aromatic N) is 1. The van der Waals surface area contributed by atoms with Crippen LogP contribution >= 0.6 is 11.3 Å². The highest BCUT2D eigenvalue weighted by molar-refractivity contribution is 7.09. The van der Waals surface area contributed by atoms with E-state index in [1.807, 2.05) is 31.4 Å². The molecule has 0 aliphatic rings. The van der Waals surface area contributed by atoms with Gasteiger partial charge in [0.05, 0.1) is 10.6 Å². The Balaban J connectivity index is 2.01. The largest absolute Gasteiger partial charge is 0.478 e. The Morgan fingerprint density at radius 1 is 1.42 bits per heavy atom. The molecule has 0 fully saturated rings. The monoisotopic (exact) mass is 276 g/mol. The van der Waals surface area contributed by atoms with Gasteiger partial charge >= 0.3 is 5.97 Å². The van der Waals surface area contributed by atoms with Crippen molar-refractivity contribution in [3.63, 3.8) is 0 Å². The number of nitrogens with one attached hydrogen (secondary N) is 1. The summed E-state index contributed by atoms with van der Waals surface area (Å²) in [5.74, 6) is -0.906. The van der Waals surface area contributed by atoms with E-state index in [4.69, 9.17) is 5.11 Å². The number of benzene rings is 1. The van der Waals surface area contributed by atoms with Gasteiger partial charge in [-0.2, -0.15) is 0 Å². The zero-order chi connectivity index (χ0) is 13.8. The Labute approximate surface area is 116 Å². The summed E-state index contributed by atoms with van der Waals surface area (Å²) in [6.07, 6.45) is 0.797. The van der Waals surface area contributed by atoms with Crippen LogP contribution in [-0.4, -0.2) is 22.6 Å². The maximum atomic E-state index is 11.2. The van der Waals surface area contributed by atoms with E-state index in [0.717, 1.165) is 22.7 Å². The fourth-order valence-corrected chi connectivity index (χ4v) is 2.59. The number of anilines is 1. The average Bonchev–Trinajstić information content (AvgIpc) is 2.77. The van der Waals surface area contributed by atoms with Crippen LogP contribution in [0.1, 0.15) is 26.6 Å². The van der Waals surface area contributed by atoms with Crippen LogP contribution in [0, 0.1) is 13.8 Å². The average molecular weight is 276 g/mol. The molecule has 0 aliphatic carbocycles. The van der Waals surface area contributed by atoms with Crippen molar-refractivity contribution >= 4 is 23.0 Å². The van der Waals surface area contributed by atoms with Crippen LogP contribution in [-0.2, 0) is 6.42 Å². The van der Waals surface area contributed by atoms with Gasteiger partial charge in [-0.1, -0.05) is 11.6 Å². The lowest BCUT2D eigenvalue weighted by atomic mass is 10.1. The molecule has 19 heavy (non-hydrogen) atoms. The molecule has 1 aromatic carbocycles. The Morgan fingerprint density at radius 3 is 2.84 bits per heavy atom. The highest BCUT2D eigenvalue weighted by atomic mass is 32.1. The Bertz CT molecular complexity index is 593. The van der Waals surface area contributed by atoms with Crippen molar-refractivity contribution in [3.05, 3.63) is 45.4 Å². The summed E-state index contributed by atoms with van der Waals surface area (Å²) in [4.78, 5) is 15.5. The SMILES string of the molecule is Cc1ccc(NCCc2nc(C)cs2)c(C(=O)O)c1. The molecule has 2 aromatic rings. The number of hydrogen-bond donors (Lipinski definition) is 2. The van der Waals surface area contributed by atoms with Gasteiger partial charge in [0.15, 0.2) is 0 Å². The lowest BCUT2D eigenvalue weighted by Crippen LogP contribution is -2.09. The summed E-state index contributed by atoms with van der Waals surface area (Å²) < 4.78 is 0. The molecule has 4 nitrogen and oxygen atoms in total. The van der Waals surface area contributed by atoms with Crippen molar-refractivity contribution in [3.8, 4) is 0 Å². The third kappa shape index (κ3) is 3.54. The van der Waals surface area contributed by atoms with E-state index in [1.165, 1.54) is 0 Å². The normalized spacial score (nSPS) is 10.4. The number of aryl methyl sites for hydroxylation is 2. The number of rotatable bonds is 5. The minimum absolute atomic E-state index is 0.315. The molecule has 0 bridgehead atoms. The number of thiazole rings is 1. The second kappa shape index (κ2) is 5.84. The summed E-state index contributed by atoms with van der Waals surface area (Å²) in [5, 5.41) is 15.4. The van der Waals surface area contributed by atoms with E-state index in [-0.39, 0.29) is 0 Å². The second-order valence-electron chi connectivity index (χ2n) is 4.41. The zero-order valence-corrected chi connectivity index (χ0v) is 11.8. The Kier molecular flexibility index (Phi) is 4.16. The van der Waals surface area contributed by atoms with E-state index in [0.29, 0.717) is 17.8 Å². The van der Waals surface area contributed by atoms with Crippen molar-refractivity contribution < 1.29 is 9.90 Å². The van der Waals surface area contributed by atoms with Crippen LogP contribution in [0.5, 0.6) is 0 Å². The van der Waals surface area contributed by atoms with E-state index >= 15 is 0 Å². The highest BCUT2D eigenvalue weighted by Crippen LogP contribution is 2.18. The molecule has 0 amide bonds. The molecule has 2 N–H and O–H groups in total. The van der Waals surface area contributed by atoms with Crippen LogP contribution < -0.4 is 5.32 Å². The lowest BCUT2D eigenvalue weighted by molar-refractivity contribution is 0.0698. The molecular formula is C14H16N2O2S. The molecule has 0 saturated carbocycles. The first kappa shape index (κ1) is 13.5. The predicted octanol–water partition coefficient (Wildman–Crippen LogP) is 3.11. The van der Waals surface area contributed by atoms with Crippen molar-refractivity contribution in [2.75, 3.05) is 11.9 Å². The van der Waals surface area contributed by atoms with Crippen molar-refractivity contribution in [2.45, 2.75) is 20.3 Å². The maximum Gasteiger partial charge on any atom is 0.337 e. The zero-order valence-electron chi connectivity index (χ0n) is 10.9. The molecule has 100 valence electrons. The first-order chi connectivity index (χ1) is 9.06. The number of aromatic carboxylic acids is 1. The standard InChI is InChI=1S/C14H16N2O2S/c1-9-3-4-12(11(7-9)14(17)18)15-6-5-13-16-10(2)8-19-13/h3-4,7-8,15H,5-6H2,1-2H3,(H,17,18). The van der Waals surface area contributed by atoms with Crippen LogP contribution in [0.3, 0.4) is 0 Å². The first-order valence-electron chi connectivity index (χ1n) is 6.05. The minimum atomic E-state index is -0.906. The molecule has 0 spiro atoms. The number of carbonyl (C=O) groups is 1. The molecule has 0 atom stereocenters. The van der Waals surface area contributed by atoms with Crippen LogP contribution in [0.15, 0.2) is 23.6 Å². The van der Waals surface area contributed by atoms with E-state index < -0.39 is 5.97 Å². The molecular weight excluding hydrogens is 260 g/mol. The quantitative estimate of drug-likeness (QED) is 0.880. The Morgan fingerprint density at radius 2 is 2.21 bits per heavy atom. The minimum Gasteiger partial charge on any atom is -0.478 e. The first-order valence-corrected chi connectivity index (χ1v) is 6.93. The fraction of sp³-hybridized carbons (Fsp3) is 0.286. The molecule has 0 unspecified atom stereocenters. The van der Waals surface area contributed by atoms with Crippen LogP contribution in [0.4, 0.5) is 5.69 Å². The summed E-state index contributed by atoms with van der Waals surface area (Å²) in [7, 11) is 0. The van der Waals surface area contributed by atoms with Gasteiger partial charge < -0.3 is 10.4 Å². The number of carboxylic acids is 1. The predicted molar refractivity (Wildman–Crippen MR) is 77.2 cm³/mol.